The number of hydrogen-bond donors (Lipinski definition) is 2. The molecule has 2 aromatic rings. The van der Waals surface area contributed by atoms with Gasteiger partial charge in [-0.05, 0) is 24.0 Å². The molecule has 0 saturated heterocycles. The average molecular weight is 472 g/mol. The maximum Gasteiger partial charge on any atom is 0.407 e. The number of nitrogens with one attached hydrogen (secondary N) is 1. The lowest BCUT2D eigenvalue weighted by atomic mass is 10.2. The highest BCUT2D eigenvalue weighted by atomic mass is 16.7. The topological polar surface area (TPSA) is 135 Å². The number of isocyanates is 1. The van der Waals surface area contributed by atoms with Gasteiger partial charge in [0.25, 0.3) is 12.0 Å². The van der Waals surface area contributed by atoms with Crippen molar-refractivity contribution in [2.24, 2.45) is 5.10 Å². The standard InChI is InChI=1S/C12H14N2O3.C12H15NO4/c1-2-6-12(16)14(13-10-15)17-9-11-7-4-3-5-8-11;14-11(15)7-4-8-13-12(16)17-9-10-5-2-1-3-6-10/h3-5,7-8H,2,6,9H2,1H3;1-3,5-6H,4,7-9H2,(H,13,16)(H,14,15). The van der Waals surface area contributed by atoms with E-state index in [-0.39, 0.29) is 32.0 Å². The number of ether oxygens (including phenoxy) is 1. The fourth-order valence-corrected chi connectivity index (χ4v) is 2.42. The smallest absolute Gasteiger partial charge is 0.407 e. The van der Waals surface area contributed by atoms with Crippen LogP contribution in [-0.2, 0) is 37.2 Å². The van der Waals surface area contributed by atoms with E-state index in [1.165, 1.54) is 6.08 Å². The molecule has 0 saturated carbocycles. The van der Waals surface area contributed by atoms with E-state index in [9.17, 15) is 19.2 Å². The molecule has 0 aliphatic heterocycles. The van der Waals surface area contributed by atoms with Gasteiger partial charge in [-0.15, -0.1) is 0 Å². The molecule has 2 amide bonds. The number of hydrazone groups is 1. The van der Waals surface area contributed by atoms with Crippen molar-refractivity contribution in [1.29, 1.82) is 0 Å². The second-order valence-corrected chi connectivity index (χ2v) is 6.85. The normalized spacial score (nSPS) is 9.56. The molecule has 0 unspecified atom stereocenters. The van der Waals surface area contributed by atoms with Crippen molar-refractivity contribution in [2.75, 3.05) is 6.54 Å². The Hall–Kier alpha value is -4.01. The van der Waals surface area contributed by atoms with Crippen molar-refractivity contribution >= 4 is 24.0 Å². The molecular weight excluding hydrogens is 442 g/mol. The monoisotopic (exact) mass is 471 g/mol. The second kappa shape index (κ2) is 17.5. The zero-order chi connectivity index (χ0) is 25.0. The summed E-state index contributed by atoms with van der Waals surface area (Å²) in [6.07, 6.45) is 2.15. The number of carbonyl (C=O) groups excluding carboxylic acids is 3. The van der Waals surface area contributed by atoms with E-state index < -0.39 is 12.1 Å². The zero-order valence-corrected chi connectivity index (χ0v) is 19.0. The summed E-state index contributed by atoms with van der Waals surface area (Å²) < 4.78 is 4.94. The van der Waals surface area contributed by atoms with Gasteiger partial charge < -0.3 is 15.2 Å². The Kier molecular flexibility index (Phi) is 14.5. The predicted molar refractivity (Wildman–Crippen MR) is 123 cm³/mol. The Morgan fingerprint density at radius 3 is 2.09 bits per heavy atom. The fourth-order valence-electron chi connectivity index (χ4n) is 2.42. The lowest BCUT2D eigenvalue weighted by Gasteiger charge is -2.13. The summed E-state index contributed by atoms with van der Waals surface area (Å²) >= 11 is 0. The molecular formula is C24H29N3O7. The van der Waals surface area contributed by atoms with Crippen LogP contribution in [0.3, 0.4) is 0 Å². The van der Waals surface area contributed by atoms with Crippen molar-refractivity contribution < 1.29 is 33.9 Å². The average Bonchev–Trinajstić information content (AvgIpc) is 2.85. The molecule has 2 N–H and O–H groups in total. The van der Waals surface area contributed by atoms with Crippen LogP contribution in [0.2, 0.25) is 0 Å². The van der Waals surface area contributed by atoms with Crippen LogP contribution in [0.1, 0.15) is 43.7 Å². The SMILES string of the molecule is CCCC(=O)N(N=C=O)OCc1ccccc1.O=C(O)CCCNC(=O)OCc1ccccc1. The third-order valence-corrected chi connectivity index (χ3v) is 4.05. The lowest BCUT2D eigenvalue weighted by molar-refractivity contribution is -0.191. The quantitative estimate of drug-likeness (QED) is 0.208. The maximum absolute atomic E-state index is 11.5. The molecule has 0 aliphatic rings. The highest BCUT2D eigenvalue weighted by molar-refractivity contribution is 5.75. The minimum absolute atomic E-state index is 0.0406. The van der Waals surface area contributed by atoms with E-state index in [0.29, 0.717) is 24.6 Å². The van der Waals surface area contributed by atoms with Gasteiger partial charge in [-0.25, -0.2) is 14.4 Å². The second-order valence-electron chi connectivity index (χ2n) is 6.85. The number of hydroxylamine groups is 1. The third-order valence-electron chi connectivity index (χ3n) is 4.05. The number of carboxylic acids is 1. The number of carboxylic acid groups (broad SMARTS) is 1. The van der Waals surface area contributed by atoms with E-state index in [0.717, 1.165) is 11.1 Å². The van der Waals surface area contributed by atoms with Crippen LogP contribution in [0, 0.1) is 0 Å². The number of alkyl carbamates (subject to hydrolysis) is 1. The molecule has 34 heavy (non-hydrogen) atoms. The highest BCUT2D eigenvalue weighted by Gasteiger charge is 2.12. The Bertz CT molecular complexity index is 917. The van der Waals surface area contributed by atoms with E-state index in [4.69, 9.17) is 14.7 Å². The van der Waals surface area contributed by atoms with Gasteiger partial charge in [0.15, 0.2) is 0 Å². The number of hydrogen-bond acceptors (Lipinski definition) is 7. The Balaban J connectivity index is 0.000000340. The first-order chi connectivity index (χ1) is 16.5. The van der Waals surface area contributed by atoms with Crippen LogP contribution < -0.4 is 5.32 Å². The van der Waals surface area contributed by atoms with Gasteiger partial charge in [0.05, 0.1) is 0 Å². The van der Waals surface area contributed by atoms with Crippen molar-refractivity contribution in [3.63, 3.8) is 0 Å². The largest absolute Gasteiger partial charge is 0.481 e. The molecule has 2 aromatic carbocycles. The molecule has 10 heteroatoms. The van der Waals surface area contributed by atoms with Crippen molar-refractivity contribution in [3.8, 4) is 0 Å². The van der Waals surface area contributed by atoms with Crippen LogP contribution >= 0.6 is 0 Å². The molecule has 0 aromatic heterocycles. The first-order valence-electron chi connectivity index (χ1n) is 10.7. The minimum atomic E-state index is -0.871. The molecule has 0 radical (unpaired) electrons. The zero-order valence-electron chi connectivity index (χ0n) is 19.0. The molecule has 0 bridgehead atoms. The molecule has 0 aliphatic carbocycles. The number of aliphatic carboxylic acids is 1. The lowest BCUT2D eigenvalue weighted by Crippen LogP contribution is -2.25. The van der Waals surface area contributed by atoms with E-state index in [1.807, 2.05) is 67.6 Å². The number of rotatable bonds is 12. The van der Waals surface area contributed by atoms with Crippen molar-refractivity contribution in [3.05, 3.63) is 71.8 Å². The summed E-state index contributed by atoms with van der Waals surface area (Å²) in [7, 11) is 0. The summed E-state index contributed by atoms with van der Waals surface area (Å²) in [5, 5.41) is 14.8. The molecule has 0 atom stereocenters. The van der Waals surface area contributed by atoms with Crippen LogP contribution in [0.15, 0.2) is 65.8 Å². The summed E-state index contributed by atoms with van der Waals surface area (Å²) in [4.78, 5) is 48.2. The number of nitrogens with zero attached hydrogens (tertiary/aromatic N) is 2. The molecule has 10 nitrogen and oxygen atoms in total. The van der Waals surface area contributed by atoms with Gasteiger partial charge in [-0.1, -0.05) is 77.9 Å². The third kappa shape index (κ3) is 13.4. The van der Waals surface area contributed by atoms with E-state index in [1.54, 1.807) is 0 Å². The van der Waals surface area contributed by atoms with Crippen LogP contribution in [0.5, 0.6) is 0 Å². The number of benzene rings is 2. The van der Waals surface area contributed by atoms with E-state index in [2.05, 4.69) is 10.4 Å². The molecule has 0 fully saturated rings. The number of amides is 2. The first kappa shape index (κ1) is 28.0. The first-order valence-corrected chi connectivity index (χ1v) is 10.7. The van der Waals surface area contributed by atoms with E-state index >= 15 is 0 Å². The molecule has 0 spiro atoms. The van der Waals surface area contributed by atoms with Gasteiger partial charge in [0.1, 0.15) is 13.2 Å². The molecule has 182 valence electrons. The van der Waals surface area contributed by atoms with Crippen LogP contribution in [0.4, 0.5) is 4.79 Å². The van der Waals surface area contributed by atoms with Gasteiger partial charge in [-0.2, -0.15) is 0 Å². The van der Waals surface area contributed by atoms with Crippen LogP contribution in [-0.4, -0.2) is 40.9 Å². The molecule has 2 rings (SSSR count). The number of carbonyl (C=O) groups is 3. The van der Waals surface area contributed by atoms with Crippen molar-refractivity contribution in [1.82, 2.24) is 10.5 Å². The Labute approximate surface area is 198 Å². The van der Waals surface area contributed by atoms with Gasteiger partial charge in [-0.3, -0.25) is 9.59 Å². The van der Waals surface area contributed by atoms with Crippen molar-refractivity contribution in [2.45, 2.75) is 45.8 Å². The summed E-state index contributed by atoms with van der Waals surface area (Å²) in [6, 6.07) is 18.6. The van der Waals surface area contributed by atoms with Gasteiger partial charge in [0, 0.05) is 19.4 Å². The summed E-state index contributed by atoms with van der Waals surface area (Å²) in [5.41, 5.74) is 1.80. The maximum atomic E-state index is 11.5. The minimum Gasteiger partial charge on any atom is -0.481 e. The van der Waals surface area contributed by atoms with Gasteiger partial charge >= 0.3 is 12.1 Å². The Morgan fingerprint density at radius 2 is 1.56 bits per heavy atom. The predicted octanol–water partition coefficient (Wildman–Crippen LogP) is 3.78. The molecule has 0 heterocycles. The summed E-state index contributed by atoms with van der Waals surface area (Å²) in [5.74, 6) is -1.23. The highest BCUT2D eigenvalue weighted by Crippen LogP contribution is 2.05. The fraction of sp³-hybridized carbons (Fsp3) is 0.333. The van der Waals surface area contributed by atoms with Gasteiger partial charge in [0.2, 0.25) is 0 Å². The van der Waals surface area contributed by atoms with Crippen LogP contribution in [0.25, 0.3) is 0 Å². The summed E-state index contributed by atoms with van der Waals surface area (Å²) in [6.45, 7) is 2.56. The Morgan fingerprint density at radius 1 is 0.971 bits per heavy atom.